The zero-order valence-electron chi connectivity index (χ0n) is 11.6. The van der Waals surface area contributed by atoms with Crippen LogP contribution in [0.5, 0.6) is 11.6 Å². The summed E-state index contributed by atoms with van der Waals surface area (Å²) < 4.78 is 5.99. The summed E-state index contributed by atoms with van der Waals surface area (Å²) >= 11 is 5.97. The van der Waals surface area contributed by atoms with Gasteiger partial charge in [-0.1, -0.05) is 29.8 Å². The van der Waals surface area contributed by atoms with Gasteiger partial charge in [-0.25, -0.2) is 4.98 Å². The number of nitrogens with two attached hydrogens (primary N) is 1. The summed E-state index contributed by atoms with van der Waals surface area (Å²) in [5, 5.41) is 2.71. The zero-order valence-corrected chi connectivity index (χ0v) is 12.4. The second-order valence-corrected chi connectivity index (χ2v) is 5.29. The molecular formula is C17H15ClN2O. The van der Waals surface area contributed by atoms with Gasteiger partial charge < -0.3 is 10.5 Å². The van der Waals surface area contributed by atoms with Crippen LogP contribution in [0.15, 0.2) is 48.5 Å². The van der Waals surface area contributed by atoms with Gasteiger partial charge in [0.1, 0.15) is 5.75 Å². The number of nitrogens with zero attached hydrogens (tertiary/aromatic N) is 1. The van der Waals surface area contributed by atoms with E-state index in [0.29, 0.717) is 17.4 Å². The van der Waals surface area contributed by atoms with Gasteiger partial charge in [-0.3, -0.25) is 0 Å². The van der Waals surface area contributed by atoms with E-state index < -0.39 is 0 Å². The highest BCUT2D eigenvalue weighted by Crippen LogP contribution is 2.31. The van der Waals surface area contributed by atoms with Crippen molar-refractivity contribution in [3.63, 3.8) is 0 Å². The molecular weight excluding hydrogens is 284 g/mol. The van der Waals surface area contributed by atoms with Crippen molar-refractivity contribution >= 4 is 22.4 Å². The Kier molecular flexibility index (Phi) is 3.78. The van der Waals surface area contributed by atoms with Crippen molar-refractivity contribution in [3.8, 4) is 11.6 Å². The smallest absolute Gasteiger partial charge is 0.227 e. The Bertz CT molecular complexity index is 802. The molecule has 0 aliphatic carbocycles. The van der Waals surface area contributed by atoms with E-state index in [1.54, 1.807) is 6.07 Å². The van der Waals surface area contributed by atoms with Crippen LogP contribution in [0.4, 0.5) is 0 Å². The molecule has 2 aromatic carbocycles. The maximum absolute atomic E-state index is 5.99. The molecule has 1 aromatic heterocycles. The first kappa shape index (κ1) is 13.9. The van der Waals surface area contributed by atoms with Gasteiger partial charge in [0.2, 0.25) is 5.88 Å². The Hall–Kier alpha value is -2.10. The molecule has 0 amide bonds. The maximum atomic E-state index is 5.99. The molecule has 0 radical (unpaired) electrons. The minimum Gasteiger partial charge on any atom is -0.438 e. The van der Waals surface area contributed by atoms with Crippen LogP contribution in [0.2, 0.25) is 5.02 Å². The Morgan fingerprint density at radius 1 is 1.14 bits per heavy atom. The fourth-order valence-electron chi connectivity index (χ4n) is 2.23. The number of hydrogen-bond donors (Lipinski definition) is 1. The number of ether oxygens (including phenoxy) is 1. The average molecular weight is 299 g/mol. The van der Waals surface area contributed by atoms with Crippen molar-refractivity contribution in [2.24, 2.45) is 5.73 Å². The van der Waals surface area contributed by atoms with E-state index >= 15 is 0 Å². The van der Waals surface area contributed by atoms with E-state index in [-0.39, 0.29) is 0 Å². The van der Waals surface area contributed by atoms with Crippen LogP contribution in [-0.2, 0) is 6.54 Å². The normalized spacial score (nSPS) is 10.8. The van der Waals surface area contributed by atoms with Gasteiger partial charge in [-0.05, 0) is 48.2 Å². The predicted octanol–water partition coefficient (Wildman–Crippen LogP) is 4.45. The third-order valence-corrected chi connectivity index (χ3v) is 3.55. The molecule has 0 fully saturated rings. The fourth-order valence-corrected chi connectivity index (χ4v) is 2.46. The molecule has 2 N–H and O–H groups in total. The van der Waals surface area contributed by atoms with Crippen molar-refractivity contribution in [3.05, 3.63) is 64.8 Å². The van der Waals surface area contributed by atoms with Gasteiger partial charge >= 0.3 is 0 Å². The first-order valence-electron chi connectivity index (χ1n) is 6.70. The molecule has 21 heavy (non-hydrogen) atoms. The van der Waals surface area contributed by atoms with Crippen molar-refractivity contribution < 1.29 is 4.74 Å². The minimum atomic E-state index is 0.376. The number of aryl methyl sites for hydroxylation is 1. The number of fused-ring (bicyclic) bond motifs is 1. The van der Waals surface area contributed by atoms with Crippen molar-refractivity contribution in [1.82, 2.24) is 4.98 Å². The molecule has 0 atom stereocenters. The Labute approximate surface area is 128 Å². The summed E-state index contributed by atoms with van der Waals surface area (Å²) in [6.45, 7) is 2.33. The molecule has 3 rings (SSSR count). The van der Waals surface area contributed by atoms with Gasteiger partial charge in [0.05, 0.1) is 5.69 Å². The second-order valence-electron chi connectivity index (χ2n) is 4.86. The summed E-state index contributed by atoms with van der Waals surface area (Å²) in [4.78, 5) is 4.50. The second kappa shape index (κ2) is 5.72. The van der Waals surface area contributed by atoms with Crippen LogP contribution >= 0.6 is 11.6 Å². The Balaban J connectivity index is 2.10. The molecule has 0 saturated carbocycles. The van der Waals surface area contributed by atoms with E-state index in [2.05, 4.69) is 4.98 Å². The fraction of sp³-hybridized carbons (Fsp3) is 0.118. The molecule has 0 saturated heterocycles. The van der Waals surface area contributed by atoms with E-state index in [9.17, 15) is 0 Å². The van der Waals surface area contributed by atoms with Gasteiger partial charge in [-0.2, -0.15) is 0 Å². The number of rotatable bonds is 3. The largest absolute Gasteiger partial charge is 0.438 e. The molecule has 0 bridgehead atoms. The van der Waals surface area contributed by atoms with Gasteiger partial charge in [-0.15, -0.1) is 0 Å². The van der Waals surface area contributed by atoms with Crippen LogP contribution in [0.1, 0.15) is 11.3 Å². The lowest BCUT2D eigenvalue weighted by molar-refractivity contribution is 0.463. The molecule has 4 heteroatoms. The Morgan fingerprint density at radius 2 is 1.95 bits per heavy atom. The van der Waals surface area contributed by atoms with E-state index in [1.807, 2.05) is 49.4 Å². The molecule has 3 aromatic rings. The van der Waals surface area contributed by atoms with Crippen LogP contribution in [0.3, 0.4) is 0 Å². The topological polar surface area (TPSA) is 48.1 Å². The van der Waals surface area contributed by atoms with Crippen molar-refractivity contribution in [2.75, 3.05) is 0 Å². The highest BCUT2D eigenvalue weighted by atomic mass is 35.5. The standard InChI is InChI=1S/C17H15ClN2O/c1-11-8-13(18)6-7-16(11)21-17-15-5-3-2-4-12(15)9-14(10-19)20-17/h2-9H,10,19H2,1H3. The zero-order chi connectivity index (χ0) is 14.8. The molecule has 0 spiro atoms. The minimum absolute atomic E-state index is 0.376. The van der Waals surface area contributed by atoms with E-state index in [4.69, 9.17) is 22.1 Å². The summed E-state index contributed by atoms with van der Waals surface area (Å²) in [7, 11) is 0. The summed E-state index contributed by atoms with van der Waals surface area (Å²) in [5.41, 5.74) is 7.48. The van der Waals surface area contributed by atoms with Gasteiger partial charge in [0.15, 0.2) is 0 Å². The Morgan fingerprint density at radius 3 is 2.71 bits per heavy atom. The third-order valence-electron chi connectivity index (χ3n) is 3.31. The first-order chi connectivity index (χ1) is 10.2. The lowest BCUT2D eigenvalue weighted by Crippen LogP contribution is -2.01. The highest BCUT2D eigenvalue weighted by Gasteiger charge is 2.09. The number of benzene rings is 2. The van der Waals surface area contributed by atoms with Crippen LogP contribution < -0.4 is 10.5 Å². The number of hydrogen-bond acceptors (Lipinski definition) is 3. The van der Waals surface area contributed by atoms with Crippen LogP contribution in [0.25, 0.3) is 10.8 Å². The first-order valence-corrected chi connectivity index (χ1v) is 7.08. The summed E-state index contributed by atoms with van der Waals surface area (Å²) in [5.74, 6) is 1.31. The molecule has 0 aliphatic rings. The van der Waals surface area contributed by atoms with Crippen molar-refractivity contribution in [1.29, 1.82) is 0 Å². The number of halogens is 1. The number of aromatic nitrogens is 1. The predicted molar refractivity (Wildman–Crippen MR) is 85.9 cm³/mol. The van der Waals surface area contributed by atoms with Gasteiger partial charge in [0.25, 0.3) is 0 Å². The summed E-state index contributed by atoms with van der Waals surface area (Å²) in [6, 6.07) is 15.5. The van der Waals surface area contributed by atoms with Crippen LogP contribution in [0, 0.1) is 6.92 Å². The number of pyridine rings is 1. The van der Waals surface area contributed by atoms with E-state index in [1.165, 1.54) is 0 Å². The lowest BCUT2D eigenvalue weighted by atomic mass is 10.1. The summed E-state index contributed by atoms with van der Waals surface area (Å²) in [6.07, 6.45) is 0. The monoisotopic (exact) mass is 298 g/mol. The lowest BCUT2D eigenvalue weighted by Gasteiger charge is -2.12. The average Bonchev–Trinajstić information content (AvgIpc) is 2.49. The molecule has 106 valence electrons. The molecule has 0 aliphatic heterocycles. The third kappa shape index (κ3) is 2.84. The maximum Gasteiger partial charge on any atom is 0.227 e. The molecule has 0 unspecified atom stereocenters. The highest BCUT2D eigenvalue weighted by molar-refractivity contribution is 6.30. The molecule has 1 heterocycles. The quantitative estimate of drug-likeness (QED) is 0.777. The van der Waals surface area contributed by atoms with Crippen LogP contribution in [-0.4, -0.2) is 4.98 Å². The van der Waals surface area contributed by atoms with Gasteiger partial charge in [0, 0.05) is 17.0 Å². The molecule has 3 nitrogen and oxygen atoms in total. The van der Waals surface area contributed by atoms with Crippen molar-refractivity contribution in [2.45, 2.75) is 13.5 Å². The SMILES string of the molecule is Cc1cc(Cl)ccc1Oc1nc(CN)cc2ccccc12. The van der Waals surface area contributed by atoms with E-state index in [0.717, 1.165) is 27.8 Å².